The van der Waals surface area contributed by atoms with Crippen LogP contribution in [0.3, 0.4) is 0 Å². The van der Waals surface area contributed by atoms with Crippen molar-refractivity contribution in [1.29, 1.82) is 0 Å². The van der Waals surface area contributed by atoms with E-state index in [2.05, 4.69) is 62.6 Å². The molecule has 0 aromatic heterocycles. The highest BCUT2D eigenvalue weighted by atomic mass is 16.5. The van der Waals surface area contributed by atoms with Crippen molar-refractivity contribution in [1.82, 2.24) is 10.6 Å². The first-order chi connectivity index (χ1) is 12.0. The zero-order chi connectivity index (χ0) is 18.1. The quantitative estimate of drug-likeness (QED) is 0.613. The Balaban J connectivity index is 1.91. The fourth-order valence-electron chi connectivity index (χ4n) is 2.71. The third-order valence-corrected chi connectivity index (χ3v) is 3.90. The smallest absolute Gasteiger partial charge is 0.191 e. The number of guanidine groups is 1. The molecule has 2 N–H and O–H groups in total. The highest BCUT2D eigenvalue weighted by Crippen LogP contribution is 2.14. The summed E-state index contributed by atoms with van der Waals surface area (Å²) in [6.07, 6.45) is 2.31. The van der Waals surface area contributed by atoms with Gasteiger partial charge in [0, 0.05) is 25.3 Å². The number of hydrogen-bond donors (Lipinski definition) is 2. The Hall–Kier alpha value is -1.59. The van der Waals surface area contributed by atoms with Gasteiger partial charge in [-0.1, -0.05) is 24.3 Å². The van der Waals surface area contributed by atoms with Crippen LogP contribution in [0, 0.1) is 0 Å². The molecule has 1 aliphatic heterocycles. The summed E-state index contributed by atoms with van der Waals surface area (Å²) in [6.45, 7) is 12.3. The molecule has 1 aromatic carbocycles. The molecule has 1 saturated heterocycles. The lowest BCUT2D eigenvalue weighted by atomic mass is 10.1. The monoisotopic (exact) mass is 347 g/mol. The molecular weight excluding hydrogens is 314 g/mol. The second-order valence-corrected chi connectivity index (χ2v) is 7.51. The van der Waals surface area contributed by atoms with Crippen LogP contribution < -0.4 is 10.6 Å². The van der Waals surface area contributed by atoms with Crippen LogP contribution in [0.25, 0.3) is 0 Å². The zero-order valence-corrected chi connectivity index (χ0v) is 16.1. The molecule has 5 nitrogen and oxygen atoms in total. The van der Waals surface area contributed by atoms with E-state index in [-0.39, 0.29) is 5.54 Å². The van der Waals surface area contributed by atoms with Crippen LogP contribution in [0.2, 0.25) is 0 Å². The van der Waals surface area contributed by atoms with E-state index in [9.17, 15) is 0 Å². The summed E-state index contributed by atoms with van der Waals surface area (Å²) in [6, 6.07) is 8.49. The van der Waals surface area contributed by atoms with E-state index in [4.69, 9.17) is 14.5 Å². The molecule has 1 aliphatic rings. The van der Waals surface area contributed by atoms with Gasteiger partial charge >= 0.3 is 0 Å². The van der Waals surface area contributed by atoms with Gasteiger partial charge in [0.05, 0.1) is 19.3 Å². The van der Waals surface area contributed by atoms with Crippen molar-refractivity contribution < 1.29 is 9.47 Å². The molecule has 140 valence electrons. The Morgan fingerprint density at radius 2 is 1.96 bits per heavy atom. The second-order valence-electron chi connectivity index (χ2n) is 7.51. The Morgan fingerprint density at radius 1 is 1.24 bits per heavy atom. The van der Waals surface area contributed by atoms with Gasteiger partial charge < -0.3 is 20.1 Å². The minimum absolute atomic E-state index is 0.0135. The number of aliphatic imine (C=N–C) groups is 1. The molecule has 1 heterocycles. The molecule has 0 radical (unpaired) electrons. The van der Waals surface area contributed by atoms with Gasteiger partial charge in [-0.05, 0) is 51.7 Å². The van der Waals surface area contributed by atoms with Crippen LogP contribution in [-0.4, -0.2) is 37.4 Å². The molecule has 0 aliphatic carbocycles. The maximum atomic E-state index is 6.01. The lowest BCUT2D eigenvalue weighted by molar-refractivity contribution is -0.0390. The van der Waals surface area contributed by atoms with Gasteiger partial charge in [0.25, 0.3) is 0 Å². The highest BCUT2D eigenvalue weighted by molar-refractivity contribution is 5.80. The first-order valence-corrected chi connectivity index (χ1v) is 9.30. The Labute approximate surface area is 152 Å². The lowest BCUT2D eigenvalue weighted by Gasteiger charge is -2.23. The van der Waals surface area contributed by atoms with Crippen LogP contribution in [0.15, 0.2) is 29.3 Å². The maximum Gasteiger partial charge on any atom is 0.191 e. The summed E-state index contributed by atoms with van der Waals surface area (Å²) in [5.74, 6) is 0.846. The summed E-state index contributed by atoms with van der Waals surface area (Å²) >= 11 is 0. The largest absolute Gasteiger partial charge is 0.381 e. The first kappa shape index (κ1) is 19.7. The molecule has 0 saturated carbocycles. The number of nitrogens with one attached hydrogen (secondary N) is 2. The van der Waals surface area contributed by atoms with Gasteiger partial charge in [0.2, 0.25) is 0 Å². The van der Waals surface area contributed by atoms with Gasteiger partial charge in [-0.2, -0.15) is 0 Å². The minimum Gasteiger partial charge on any atom is -0.381 e. The Kier molecular flexibility index (Phi) is 7.72. The number of ether oxygens (including phenoxy) is 2. The van der Waals surface area contributed by atoms with Crippen molar-refractivity contribution in [3.63, 3.8) is 0 Å². The van der Waals surface area contributed by atoms with Crippen molar-refractivity contribution in [2.24, 2.45) is 4.99 Å². The van der Waals surface area contributed by atoms with Crippen LogP contribution in [0.5, 0.6) is 0 Å². The summed E-state index contributed by atoms with van der Waals surface area (Å²) in [4.78, 5) is 4.70. The van der Waals surface area contributed by atoms with Crippen molar-refractivity contribution >= 4 is 5.96 Å². The standard InChI is InChI=1S/C20H33N3O2/c1-5-21-19(23-20(2,3)4)22-14-16-7-6-8-17(13-16)15-25-18-9-11-24-12-10-18/h6-8,13,18H,5,9-12,14-15H2,1-4H3,(H2,21,22,23). The fourth-order valence-corrected chi connectivity index (χ4v) is 2.71. The van der Waals surface area contributed by atoms with E-state index >= 15 is 0 Å². The highest BCUT2D eigenvalue weighted by Gasteiger charge is 2.14. The molecule has 0 bridgehead atoms. The summed E-state index contributed by atoms with van der Waals surface area (Å²) < 4.78 is 11.4. The van der Waals surface area contributed by atoms with E-state index in [1.807, 2.05) is 0 Å². The first-order valence-electron chi connectivity index (χ1n) is 9.30. The molecule has 0 atom stereocenters. The number of hydrogen-bond acceptors (Lipinski definition) is 3. The van der Waals surface area contributed by atoms with Crippen molar-refractivity contribution in [3.8, 4) is 0 Å². The molecule has 2 rings (SSSR count). The lowest BCUT2D eigenvalue weighted by Crippen LogP contribution is -2.47. The Morgan fingerprint density at radius 3 is 2.64 bits per heavy atom. The van der Waals surface area contributed by atoms with Crippen molar-refractivity contribution in [2.75, 3.05) is 19.8 Å². The molecule has 1 fully saturated rings. The summed E-state index contributed by atoms with van der Waals surface area (Å²) in [5, 5.41) is 6.71. The SMILES string of the molecule is CCNC(=NCc1cccc(COC2CCOCC2)c1)NC(C)(C)C. The number of benzene rings is 1. The average molecular weight is 348 g/mol. The molecule has 25 heavy (non-hydrogen) atoms. The normalized spacial score (nSPS) is 16.7. The van der Waals surface area contributed by atoms with E-state index in [1.165, 1.54) is 11.1 Å². The molecule has 5 heteroatoms. The number of nitrogens with zero attached hydrogens (tertiary/aromatic N) is 1. The second kappa shape index (κ2) is 9.78. The van der Waals surface area contributed by atoms with Gasteiger partial charge in [0.15, 0.2) is 5.96 Å². The van der Waals surface area contributed by atoms with E-state index in [0.29, 0.717) is 19.3 Å². The van der Waals surface area contributed by atoms with Crippen LogP contribution >= 0.6 is 0 Å². The van der Waals surface area contributed by atoms with Crippen molar-refractivity contribution in [2.45, 2.75) is 65.3 Å². The molecular formula is C20H33N3O2. The zero-order valence-electron chi connectivity index (χ0n) is 16.1. The predicted octanol–water partition coefficient (Wildman–Crippen LogP) is 3.24. The Bertz CT molecular complexity index is 546. The topological polar surface area (TPSA) is 54.9 Å². The predicted molar refractivity (Wildman–Crippen MR) is 103 cm³/mol. The van der Waals surface area contributed by atoms with E-state index < -0.39 is 0 Å². The van der Waals surface area contributed by atoms with Crippen molar-refractivity contribution in [3.05, 3.63) is 35.4 Å². The molecule has 0 unspecified atom stereocenters. The average Bonchev–Trinajstić information content (AvgIpc) is 2.58. The fraction of sp³-hybridized carbons (Fsp3) is 0.650. The minimum atomic E-state index is -0.0135. The van der Waals surface area contributed by atoms with E-state index in [0.717, 1.165) is 38.6 Å². The van der Waals surface area contributed by atoms with Gasteiger partial charge in [-0.25, -0.2) is 4.99 Å². The molecule has 0 spiro atoms. The van der Waals surface area contributed by atoms with Gasteiger partial charge in [-0.3, -0.25) is 0 Å². The summed E-state index contributed by atoms with van der Waals surface area (Å²) in [5.41, 5.74) is 2.38. The maximum absolute atomic E-state index is 6.01. The van der Waals surface area contributed by atoms with Crippen LogP contribution in [-0.2, 0) is 22.6 Å². The third-order valence-electron chi connectivity index (χ3n) is 3.90. The molecule has 1 aromatic rings. The van der Waals surface area contributed by atoms with E-state index in [1.54, 1.807) is 0 Å². The van der Waals surface area contributed by atoms with Gasteiger partial charge in [0.1, 0.15) is 0 Å². The summed E-state index contributed by atoms with van der Waals surface area (Å²) in [7, 11) is 0. The van der Waals surface area contributed by atoms with Crippen LogP contribution in [0.1, 0.15) is 51.7 Å². The van der Waals surface area contributed by atoms with Crippen LogP contribution in [0.4, 0.5) is 0 Å². The number of rotatable bonds is 6. The molecule has 0 amide bonds. The van der Waals surface area contributed by atoms with Gasteiger partial charge in [-0.15, -0.1) is 0 Å². The third kappa shape index (κ3) is 7.88.